The fourth-order valence-electron chi connectivity index (χ4n) is 5.00. The van der Waals surface area contributed by atoms with Crippen molar-refractivity contribution in [2.45, 2.75) is 50.4 Å². The van der Waals surface area contributed by atoms with Crippen LogP contribution in [0.15, 0.2) is 22.7 Å². The Bertz CT molecular complexity index is 782. The SMILES string of the molecule is CN1C(=O)C2(NC1=S)c1cc(Br)ccc1CC21CCC(OC(F)F)CC1. The fraction of sp³-hybridized carbons (Fsp3) is 0.556. The number of hydrogen-bond acceptors (Lipinski definition) is 3. The number of hydrogen-bond donors (Lipinski definition) is 1. The number of ether oxygens (including phenoxy) is 1. The summed E-state index contributed by atoms with van der Waals surface area (Å²) in [6.45, 7) is -2.76. The molecule has 1 aliphatic heterocycles. The van der Waals surface area contributed by atoms with E-state index in [9.17, 15) is 13.6 Å². The molecule has 1 amide bonds. The van der Waals surface area contributed by atoms with Crippen LogP contribution in [-0.4, -0.2) is 35.7 Å². The molecule has 0 aromatic heterocycles. The van der Waals surface area contributed by atoms with E-state index in [1.54, 1.807) is 7.05 Å². The molecule has 26 heavy (non-hydrogen) atoms. The fourth-order valence-corrected chi connectivity index (χ4v) is 5.59. The number of fused-ring (bicyclic) bond motifs is 3. The van der Waals surface area contributed by atoms with Crippen LogP contribution in [0.5, 0.6) is 0 Å². The number of amides is 1. The molecule has 1 aromatic rings. The Kier molecular flexibility index (Phi) is 4.36. The Labute approximate surface area is 164 Å². The van der Waals surface area contributed by atoms with Gasteiger partial charge >= 0.3 is 6.61 Å². The zero-order valence-electron chi connectivity index (χ0n) is 14.2. The molecule has 2 spiro atoms. The van der Waals surface area contributed by atoms with Gasteiger partial charge in [0.15, 0.2) is 10.7 Å². The minimum Gasteiger partial charge on any atom is -0.344 e. The minimum atomic E-state index is -2.76. The zero-order valence-corrected chi connectivity index (χ0v) is 16.6. The monoisotopic (exact) mass is 444 g/mol. The molecule has 0 bridgehead atoms. The largest absolute Gasteiger partial charge is 0.345 e. The van der Waals surface area contributed by atoms with Crippen LogP contribution in [-0.2, 0) is 21.5 Å². The van der Waals surface area contributed by atoms with Gasteiger partial charge in [0, 0.05) is 16.9 Å². The molecular weight excluding hydrogens is 426 g/mol. The Morgan fingerprint density at radius 3 is 2.65 bits per heavy atom. The smallest absolute Gasteiger partial charge is 0.344 e. The van der Waals surface area contributed by atoms with E-state index >= 15 is 0 Å². The highest BCUT2D eigenvalue weighted by Crippen LogP contribution is 2.60. The van der Waals surface area contributed by atoms with Crippen molar-refractivity contribution in [2.24, 2.45) is 5.41 Å². The lowest BCUT2D eigenvalue weighted by molar-refractivity contribution is -0.179. The van der Waals surface area contributed by atoms with Gasteiger partial charge in [-0.25, -0.2) is 0 Å². The molecule has 3 aliphatic rings. The summed E-state index contributed by atoms with van der Waals surface area (Å²) in [6.07, 6.45) is 2.54. The second-order valence-electron chi connectivity index (χ2n) is 7.40. The first-order chi connectivity index (χ1) is 12.3. The van der Waals surface area contributed by atoms with Crippen LogP contribution in [0.1, 0.15) is 36.8 Å². The summed E-state index contributed by atoms with van der Waals surface area (Å²) in [5, 5.41) is 3.74. The highest BCUT2D eigenvalue weighted by atomic mass is 79.9. The van der Waals surface area contributed by atoms with Crippen molar-refractivity contribution in [3.05, 3.63) is 33.8 Å². The molecule has 4 nitrogen and oxygen atoms in total. The topological polar surface area (TPSA) is 41.6 Å². The number of alkyl halides is 2. The summed E-state index contributed by atoms with van der Waals surface area (Å²) in [5.41, 5.74) is 0.745. The first kappa shape index (κ1) is 18.3. The first-order valence-corrected chi connectivity index (χ1v) is 9.82. The van der Waals surface area contributed by atoms with Gasteiger partial charge in [-0.1, -0.05) is 22.0 Å². The average Bonchev–Trinajstić information content (AvgIpc) is 2.98. The lowest BCUT2D eigenvalue weighted by Gasteiger charge is -2.46. The van der Waals surface area contributed by atoms with Crippen LogP contribution in [0, 0.1) is 5.41 Å². The molecule has 2 aliphatic carbocycles. The number of carbonyl (C=O) groups is 1. The summed E-state index contributed by atoms with van der Waals surface area (Å²) >= 11 is 8.89. The average molecular weight is 445 g/mol. The molecular formula is C18H19BrF2N2O2S. The van der Waals surface area contributed by atoms with Gasteiger partial charge in [-0.05, 0) is 67.6 Å². The molecule has 0 radical (unpaired) electrons. The third kappa shape index (κ3) is 2.45. The van der Waals surface area contributed by atoms with Crippen molar-refractivity contribution in [1.82, 2.24) is 10.2 Å². The second-order valence-corrected chi connectivity index (χ2v) is 8.70. The summed E-state index contributed by atoms with van der Waals surface area (Å²) in [6, 6.07) is 5.99. The van der Waals surface area contributed by atoms with Gasteiger partial charge in [-0.15, -0.1) is 0 Å². The Hall–Kier alpha value is -1.12. The highest BCUT2D eigenvalue weighted by molar-refractivity contribution is 9.10. The maximum absolute atomic E-state index is 13.4. The number of likely N-dealkylation sites (N-methyl/N-ethyl adjacent to an activating group) is 1. The molecule has 2 fully saturated rings. The Morgan fingerprint density at radius 1 is 1.38 bits per heavy atom. The highest BCUT2D eigenvalue weighted by Gasteiger charge is 2.66. The van der Waals surface area contributed by atoms with Gasteiger partial charge in [0.25, 0.3) is 5.91 Å². The lowest BCUT2D eigenvalue weighted by atomic mass is 9.61. The molecule has 1 saturated carbocycles. The number of thiocarbonyl (C=S) groups is 1. The predicted octanol–water partition coefficient (Wildman–Crippen LogP) is 3.72. The summed E-state index contributed by atoms with van der Waals surface area (Å²) in [4.78, 5) is 14.9. The predicted molar refractivity (Wildman–Crippen MR) is 99.8 cm³/mol. The Balaban J connectivity index is 1.77. The molecule has 1 heterocycles. The van der Waals surface area contributed by atoms with Crippen LogP contribution in [0.25, 0.3) is 0 Å². The number of benzene rings is 1. The van der Waals surface area contributed by atoms with E-state index in [0.29, 0.717) is 30.8 Å². The second kappa shape index (κ2) is 6.21. The van der Waals surface area contributed by atoms with Crippen molar-refractivity contribution in [2.75, 3.05) is 7.05 Å². The van der Waals surface area contributed by atoms with Crippen LogP contribution >= 0.6 is 28.1 Å². The standard InChI is InChI=1S/C18H19BrF2N2O2S/c1-23-14(24)18(22-16(23)26)13-8-11(19)3-2-10(13)9-17(18)6-4-12(5-7-17)25-15(20)21/h2-3,8,12,15H,4-7,9H2,1H3,(H,22,26). The Morgan fingerprint density at radius 2 is 2.08 bits per heavy atom. The van der Waals surface area contributed by atoms with Crippen molar-refractivity contribution < 1.29 is 18.3 Å². The molecule has 140 valence electrons. The van der Waals surface area contributed by atoms with Crippen LogP contribution in [0.4, 0.5) is 8.78 Å². The van der Waals surface area contributed by atoms with Crippen molar-refractivity contribution >= 4 is 39.2 Å². The lowest BCUT2D eigenvalue weighted by Crippen LogP contribution is -2.56. The summed E-state index contributed by atoms with van der Waals surface area (Å²) in [5.74, 6) is -0.0624. The van der Waals surface area contributed by atoms with E-state index in [0.717, 1.165) is 22.0 Å². The maximum atomic E-state index is 13.4. The molecule has 1 saturated heterocycles. The minimum absolute atomic E-state index is 0.0624. The summed E-state index contributed by atoms with van der Waals surface area (Å²) in [7, 11) is 1.68. The van der Waals surface area contributed by atoms with Crippen LogP contribution in [0.2, 0.25) is 0 Å². The zero-order chi connectivity index (χ0) is 18.7. The third-order valence-corrected chi connectivity index (χ3v) is 7.08. The number of rotatable bonds is 2. The van der Waals surface area contributed by atoms with Crippen molar-refractivity contribution in [1.29, 1.82) is 0 Å². The van der Waals surface area contributed by atoms with Crippen molar-refractivity contribution in [3.63, 3.8) is 0 Å². The number of carbonyl (C=O) groups excluding carboxylic acids is 1. The molecule has 1 N–H and O–H groups in total. The van der Waals surface area contributed by atoms with E-state index in [4.69, 9.17) is 17.0 Å². The third-order valence-electron chi connectivity index (χ3n) is 6.21. The van der Waals surface area contributed by atoms with Crippen LogP contribution in [0.3, 0.4) is 0 Å². The normalized spacial score (nSPS) is 33.4. The molecule has 1 unspecified atom stereocenters. The number of nitrogens with one attached hydrogen (secondary N) is 1. The van der Waals surface area contributed by atoms with Crippen molar-refractivity contribution in [3.8, 4) is 0 Å². The van der Waals surface area contributed by atoms with Gasteiger partial charge in [0.05, 0.1) is 6.10 Å². The van der Waals surface area contributed by atoms with E-state index in [-0.39, 0.29) is 11.3 Å². The van der Waals surface area contributed by atoms with E-state index < -0.39 is 18.3 Å². The molecule has 4 rings (SSSR count). The molecule has 8 heteroatoms. The van der Waals surface area contributed by atoms with Gasteiger partial charge < -0.3 is 10.1 Å². The molecule has 1 atom stereocenters. The van der Waals surface area contributed by atoms with E-state index in [1.807, 2.05) is 18.2 Å². The molecule has 1 aromatic carbocycles. The summed E-state index contributed by atoms with van der Waals surface area (Å²) < 4.78 is 30.8. The number of nitrogens with zero attached hydrogens (tertiary/aromatic N) is 1. The van der Waals surface area contributed by atoms with Gasteiger partial charge in [-0.3, -0.25) is 9.69 Å². The van der Waals surface area contributed by atoms with E-state index in [2.05, 4.69) is 21.2 Å². The van der Waals surface area contributed by atoms with Gasteiger partial charge in [-0.2, -0.15) is 8.78 Å². The van der Waals surface area contributed by atoms with Gasteiger partial charge in [0.1, 0.15) is 0 Å². The quantitative estimate of drug-likeness (QED) is 0.705. The maximum Gasteiger partial charge on any atom is 0.345 e. The number of halogens is 3. The van der Waals surface area contributed by atoms with Gasteiger partial charge in [0.2, 0.25) is 0 Å². The van der Waals surface area contributed by atoms with Crippen LogP contribution < -0.4 is 5.32 Å². The van der Waals surface area contributed by atoms with E-state index in [1.165, 1.54) is 4.90 Å². The first-order valence-electron chi connectivity index (χ1n) is 8.62.